The SMILES string of the molecule is CCCCS(=O)(=O)Nc1ccc(Nc2cccc3cccnc23)nn1. The first-order chi connectivity index (χ1) is 12.1. The number of rotatable bonds is 7. The summed E-state index contributed by atoms with van der Waals surface area (Å²) in [5.74, 6) is 0.791. The number of para-hydroxylation sites is 1. The van der Waals surface area contributed by atoms with E-state index in [1.807, 2.05) is 37.3 Å². The average Bonchev–Trinajstić information content (AvgIpc) is 2.62. The van der Waals surface area contributed by atoms with E-state index in [4.69, 9.17) is 0 Å². The Balaban J connectivity index is 1.74. The third-order valence-electron chi connectivity index (χ3n) is 3.59. The van der Waals surface area contributed by atoms with E-state index in [0.717, 1.165) is 23.0 Å². The Morgan fingerprint density at radius 3 is 2.52 bits per heavy atom. The van der Waals surface area contributed by atoms with Gasteiger partial charge in [0.05, 0.1) is 17.0 Å². The minimum absolute atomic E-state index is 0.0762. The third kappa shape index (κ3) is 4.42. The highest BCUT2D eigenvalue weighted by atomic mass is 32.2. The fourth-order valence-electron chi connectivity index (χ4n) is 2.34. The van der Waals surface area contributed by atoms with E-state index >= 15 is 0 Å². The molecule has 2 aromatic heterocycles. The number of hydrogen-bond donors (Lipinski definition) is 2. The van der Waals surface area contributed by atoms with Crippen molar-refractivity contribution in [2.45, 2.75) is 19.8 Å². The predicted octanol–water partition coefficient (Wildman–Crippen LogP) is 3.31. The molecule has 0 saturated carbocycles. The lowest BCUT2D eigenvalue weighted by molar-refractivity contribution is 0.597. The van der Waals surface area contributed by atoms with Gasteiger partial charge in [-0.3, -0.25) is 9.71 Å². The van der Waals surface area contributed by atoms with Crippen LogP contribution in [-0.4, -0.2) is 29.4 Å². The molecule has 0 fully saturated rings. The van der Waals surface area contributed by atoms with Crippen LogP contribution in [0.25, 0.3) is 10.9 Å². The van der Waals surface area contributed by atoms with Crippen molar-refractivity contribution in [2.75, 3.05) is 15.8 Å². The summed E-state index contributed by atoms with van der Waals surface area (Å²) in [6, 6.07) is 12.9. The van der Waals surface area contributed by atoms with Crippen molar-refractivity contribution >= 4 is 38.2 Å². The molecule has 0 aliphatic heterocycles. The number of pyridine rings is 1. The second kappa shape index (κ2) is 7.43. The van der Waals surface area contributed by atoms with Crippen LogP contribution >= 0.6 is 0 Å². The predicted molar refractivity (Wildman–Crippen MR) is 99.4 cm³/mol. The maximum atomic E-state index is 11.9. The van der Waals surface area contributed by atoms with Crippen LogP contribution in [0.1, 0.15) is 19.8 Å². The summed E-state index contributed by atoms with van der Waals surface area (Å²) in [6.07, 6.45) is 3.15. The van der Waals surface area contributed by atoms with Gasteiger partial charge in [-0.05, 0) is 30.7 Å². The molecule has 0 unspecified atom stereocenters. The monoisotopic (exact) mass is 357 g/mol. The Kier molecular flexibility index (Phi) is 5.08. The van der Waals surface area contributed by atoms with Gasteiger partial charge in [-0.25, -0.2) is 8.42 Å². The summed E-state index contributed by atoms with van der Waals surface area (Å²) >= 11 is 0. The van der Waals surface area contributed by atoms with Gasteiger partial charge in [-0.2, -0.15) is 0 Å². The van der Waals surface area contributed by atoms with Crippen LogP contribution in [0.5, 0.6) is 0 Å². The summed E-state index contributed by atoms with van der Waals surface area (Å²) in [6.45, 7) is 1.94. The van der Waals surface area contributed by atoms with Crippen LogP contribution in [0.2, 0.25) is 0 Å². The number of aromatic nitrogens is 3. The molecule has 2 N–H and O–H groups in total. The number of fused-ring (bicyclic) bond motifs is 1. The number of benzene rings is 1. The molecular weight excluding hydrogens is 338 g/mol. The lowest BCUT2D eigenvalue weighted by Gasteiger charge is -2.09. The highest BCUT2D eigenvalue weighted by Crippen LogP contribution is 2.23. The number of nitrogens with one attached hydrogen (secondary N) is 2. The number of sulfonamides is 1. The van der Waals surface area contributed by atoms with Crippen LogP contribution in [0.3, 0.4) is 0 Å². The van der Waals surface area contributed by atoms with Crippen molar-refractivity contribution in [2.24, 2.45) is 0 Å². The largest absolute Gasteiger partial charge is 0.337 e. The van der Waals surface area contributed by atoms with Crippen molar-refractivity contribution in [1.82, 2.24) is 15.2 Å². The summed E-state index contributed by atoms with van der Waals surface area (Å²) < 4.78 is 26.2. The molecule has 2 heterocycles. The maximum Gasteiger partial charge on any atom is 0.233 e. The van der Waals surface area contributed by atoms with Gasteiger partial charge < -0.3 is 5.32 Å². The maximum absolute atomic E-state index is 11.9. The molecule has 0 aliphatic rings. The standard InChI is InChI=1S/C17H19N5O2S/c1-2-3-12-25(23,24)22-16-10-9-15(20-21-16)19-14-8-4-6-13-7-5-11-18-17(13)14/h4-11H,2-3,12H2,1H3,(H,19,20)(H,21,22). The summed E-state index contributed by atoms with van der Waals surface area (Å²) in [7, 11) is -3.38. The minimum atomic E-state index is -3.38. The fraction of sp³-hybridized carbons (Fsp3) is 0.235. The molecule has 1 aromatic carbocycles. The van der Waals surface area contributed by atoms with E-state index < -0.39 is 10.0 Å². The molecule has 0 atom stereocenters. The van der Waals surface area contributed by atoms with Gasteiger partial charge in [0.1, 0.15) is 0 Å². The Morgan fingerprint density at radius 1 is 1.00 bits per heavy atom. The fourth-order valence-corrected chi connectivity index (χ4v) is 3.54. The lowest BCUT2D eigenvalue weighted by Crippen LogP contribution is -2.17. The molecular formula is C17H19N5O2S. The highest BCUT2D eigenvalue weighted by Gasteiger charge is 2.11. The Hall–Kier alpha value is -2.74. The number of hydrogen-bond acceptors (Lipinski definition) is 6. The van der Waals surface area contributed by atoms with Crippen LogP contribution in [-0.2, 0) is 10.0 Å². The lowest BCUT2D eigenvalue weighted by atomic mass is 10.2. The topological polar surface area (TPSA) is 96.9 Å². The zero-order chi connectivity index (χ0) is 17.7. The molecule has 25 heavy (non-hydrogen) atoms. The van der Waals surface area contributed by atoms with Crippen molar-refractivity contribution in [3.63, 3.8) is 0 Å². The molecule has 0 spiro atoms. The van der Waals surface area contributed by atoms with E-state index in [1.54, 1.807) is 18.3 Å². The molecule has 3 rings (SSSR count). The summed E-state index contributed by atoms with van der Waals surface area (Å²) in [5.41, 5.74) is 1.64. The third-order valence-corrected chi connectivity index (χ3v) is 4.93. The Bertz CT molecular complexity index is 953. The highest BCUT2D eigenvalue weighted by molar-refractivity contribution is 7.92. The van der Waals surface area contributed by atoms with Gasteiger partial charge in [-0.1, -0.05) is 31.5 Å². The molecule has 130 valence electrons. The molecule has 0 saturated heterocycles. The van der Waals surface area contributed by atoms with Gasteiger partial charge in [-0.15, -0.1) is 10.2 Å². The summed E-state index contributed by atoms with van der Waals surface area (Å²) in [4.78, 5) is 4.37. The van der Waals surface area contributed by atoms with Gasteiger partial charge in [0.2, 0.25) is 10.0 Å². The number of anilines is 3. The quantitative estimate of drug-likeness (QED) is 0.673. The first kappa shape index (κ1) is 17.1. The number of nitrogens with zero attached hydrogens (tertiary/aromatic N) is 3. The molecule has 0 radical (unpaired) electrons. The van der Waals surface area contributed by atoms with Crippen molar-refractivity contribution in [1.29, 1.82) is 0 Å². The molecule has 8 heteroatoms. The van der Waals surface area contributed by atoms with Crippen LogP contribution in [0, 0.1) is 0 Å². The van der Waals surface area contributed by atoms with Gasteiger partial charge >= 0.3 is 0 Å². The first-order valence-electron chi connectivity index (χ1n) is 8.02. The smallest absolute Gasteiger partial charge is 0.233 e. The number of unbranched alkanes of at least 4 members (excludes halogenated alkanes) is 1. The van der Waals surface area contributed by atoms with Crippen molar-refractivity contribution in [3.05, 3.63) is 48.7 Å². The first-order valence-corrected chi connectivity index (χ1v) is 9.67. The summed E-state index contributed by atoms with van der Waals surface area (Å²) in [5, 5.41) is 12.1. The Labute approximate surface area is 146 Å². The zero-order valence-electron chi connectivity index (χ0n) is 13.8. The second-order valence-electron chi connectivity index (χ2n) is 5.58. The van der Waals surface area contributed by atoms with Crippen molar-refractivity contribution in [3.8, 4) is 0 Å². The van der Waals surface area contributed by atoms with Gasteiger partial charge in [0.25, 0.3) is 0 Å². The molecule has 0 amide bonds. The van der Waals surface area contributed by atoms with Gasteiger partial charge in [0, 0.05) is 11.6 Å². The van der Waals surface area contributed by atoms with E-state index in [1.165, 1.54) is 0 Å². The Morgan fingerprint density at radius 2 is 1.76 bits per heavy atom. The van der Waals surface area contributed by atoms with Crippen LogP contribution in [0.4, 0.5) is 17.3 Å². The minimum Gasteiger partial charge on any atom is -0.337 e. The van der Waals surface area contributed by atoms with Crippen LogP contribution in [0.15, 0.2) is 48.7 Å². The average molecular weight is 357 g/mol. The zero-order valence-corrected chi connectivity index (χ0v) is 14.6. The van der Waals surface area contributed by atoms with E-state index in [0.29, 0.717) is 12.2 Å². The van der Waals surface area contributed by atoms with E-state index in [9.17, 15) is 8.42 Å². The van der Waals surface area contributed by atoms with E-state index in [-0.39, 0.29) is 11.6 Å². The van der Waals surface area contributed by atoms with Crippen LogP contribution < -0.4 is 10.0 Å². The van der Waals surface area contributed by atoms with E-state index in [2.05, 4.69) is 25.2 Å². The second-order valence-corrected chi connectivity index (χ2v) is 7.43. The normalized spacial score (nSPS) is 11.4. The molecule has 0 aliphatic carbocycles. The molecule has 0 bridgehead atoms. The molecule has 7 nitrogen and oxygen atoms in total. The van der Waals surface area contributed by atoms with Crippen molar-refractivity contribution < 1.29 is 8.42 Å². The van der Waals surface area contributed by atoms with Gasteiger partial charge in [0.15, 0.2) is 11.6 Å². The molecule has 3 aromatic rings.